The molecule has 2 saturated carbocycles. The quantitative estimate of drug-likeness (QED) is 0.185. The number of amides is 2. The number of urea groups is 1. The average Bonchev–Trinajstić information content (AvgIpc) is 3.79. The van der Waals surface area contributed by atoms with Crippen LogP contribution >= 0.6 is 0 Å². The van der Waals surface area contributed by atoms with Crippen LogP contribution in [0, 0.1) is 23.2 Å². The molecule has 2 unspecified atom stereocenters. The topological polar surface area (TPSA) is 117 Å². The molecule has 2 atom stereocenters. The van der Waals surface area contributed by atoms with Crippen LogP contribution in [0.2, 0.25) is 0 Å². The van der Waals surface area contributed by atoms with E-state index in [0.29, 0.717) is 17.2 Å². The first kappa shape index (κ1) is 33.3. The number of Topliss-reactive ketones (excluding diaryl/α,β-unsaturated/α-hetero) is 1. The van der Waals surface area contributed by atoms with Gasteiger partial charge in [-0.2, -0.15) is 0 Å². The molecule has 2 fully saturated rings. The van der Waals surface area contributed by atoms with Crippen LogP contribution in [0.1, 0.15) is 87.7 Å². The monoisotopic (exact) mass is 617 g/mol. The molecule has 4 N–H and O–H groups in total. The van der Waals surface area contributed by atoms with E-state index in [0.717, 1.165) is 56.2 Å². The number of rotatable bonds is 12. The molecule has 0 heterocycles. The normalized spacial score (nSPS) is 20.3. The molecule has 0 spiro atoms. The molecular formula is C33H42F3N3O5. The molecule has 0 aromatic heterocycles. The zero-order chi connectivity index (χ0) is 32.1. The summed E-state index contributed by atoms with van der Waals surface area (Å²) in [4.78, 5) is 37.4. The highest BCUT2D eigenvalue weighted by atomic mass is 19.4. The smallest absolute Gasteiger partial charge is 0.481 e. The van der Waals surface area contributed by atoms with Crippen LogP contribution in [0.4, 0.5) is 23.7 Å². The lowest BCUT2D eigenvalue weighted by Gasteiger charge is -2.39. The molecule has 2 aliphatic rings. The first-order chi connectivity index (χ1) is 20.7. The van der Waals surface area contributed by atoms with Gasteiger partial charge >= 0.3 is 18.4 Å². The largest absolute Gasteiger partial charge is 0.573 e. The minimum absolute atomic E-state index is 0.0617. The van der Waals surface area contributed by atoms with Crippen molar-refractivity contribution in [2.75, 3.05) is 11.9 Å². The molecule has 44 heavy (non-hydrogen) atoms. The van der Waals surface area contributed by atoms with E-state index in [1.54, 1.807) is 12.1 Å². The molecule has 11 heteroatoms. The maximum atomic E-state index is 13.3. The molecule has 0 radical (unpaired) electrons. The summed E-state index contributed by atoms with van der Waals surface area (Å²) in [5, 5.41) is 17.9. The molecular weight excluding hydrogens is 575 g/mol. The van der Waals surface area contributed by atoms with Crippen LogP contribution in [0.15, 0.2) is 48.5 Å². The summed E-state index contributed by atoms with van der Waals surface area (Å²) in [7, 11) is 0. The van der Waals surface area contributed by atoms with Gasteiger partial charge in [-0.05, 0) is 91.5 Å². The molecule has 240 valence electrons. The molecule has 2 aromatic carbocycles. The lowest BCUT2D eigenvalue weighted by Crippen LogP contribution is -2.40. The summed E-state index contributed by atoms with van der Waals surface area (Å²) in [6.45, 7) is 6.95. The van der Waals surface area contributed by atoms with E-state index in [9.17, 15) is 27.6 Å². The number of carboxylic acid groups (broad SMARTS) is 1. The summed E-state index contributed by atoms with van der Waals surface area (Å²) >= 11 is 0. The van der Waals surface area contributed by atoms with E-state index in [-0.39, 0.29) is 47.8 Å². The van der Waals surface area contributed by atoms with Crippen LogP contribution in [0.3, 0.4) is 0 Å². The Labute approximate surface area is 256 Å². The third-order valence-electron chi connectivity index (χ3n) is 8.73. The molecule has 2 aliphatic carbocycles. The Morgan fingerprint density at radius 1 is 0.886 bits per heavy atom. The van der Waals surface area contributed by atoms with Crippen molar-refractivity contribution in [1.29, 1.82) is 0 Å². The van der Waals surface area contributed by atoms with Crippen LogP contribution in [-0.4, -0.2) is 41.8 Å². The number of hydrogen-bond donors (Lipinski definition) is 4. The average molecular weight is 618 g/mol. The summed E-state index contributed by atoms with van der Waals surface area (Å²) in [5.74, 6) is -0.460. The SMILES string of the molecule is CC(C)(C)C1CCC(C(NC(=O)Nc2ccc(OC(F)(F)F)cc2)c2ccc(C(=O)C(NCCC(=O)O)C3CC3)cc2)CC1. The Bertz CT molecular complexity index is 1280. The van der Waals surface area contributed by atoms with Gasteiger partial charge in [0.05, 0.1) is 18.5 Å². The summed E-state index contributed by atoms with van der Waals surface area (Å²) in [6.07, 6.45) is 0.848. The van der Waals surface area contributed by atoms with Crippen molar-refractivity contribution in [1.82, 2.24) is 10.6 Å². The van der Waals surface area contributed by atoms with Gasteiger partial charge in [-0.15, -0.1) is 13.2 Å². The lowest BCUT2D eigenvalue weighted by atomic mass is 9.68. The molecule has 0 saturated heterocycles. The summed E-state index contributed by atoms with van der Waals surface area (Å²) in [5.41, 5.74) is 1.88. The number of benzene rings is 2. The van der Waals surface area contributed by atoms with E-state index in [1.165, 1.54) is 12.1 Å². The van der Waals surface area contributed by atoms with Gasteiger partial charge in [0.1, 0.15) is 5.75 Å². The number of carbonyl (C=O) groups excluding carboxylic acids is 2. The highest BCUT2D eigenvalue weighted by molar-refractivity contribution is 6.00. The third-order valence-corrected chi connectivity index (χ3v) is 8.73. The first-order valence-corrected chi connectivity index (χ1v) is 15.2. The second kappa shape index (κ2) is 14.0. The van der Waals surface area contributed by atoms with Crippen LogP contribution in [-0.2, 0) is 4.79 Å². The number of anilines is 1. The molecule has 2 amide bonds. The minimum Gasteiger partial charge on any atom is -0.481 e. The minimum atomic E-state index is -4.80. The molecule has 2 aromatic rings. The Hall–Kier alpha value is -3.60. The predicted octanol–water partition coefficient (Wildman–Crippen LogP) is 7.33. The Kier molecular flexibility index (Phi) is 10.6. The Balaban J connectivity index is 1.47. The van der Waals surface area contributed by atoms with Gasteiger partial charge in [0, 0.05) is 17.8 Å². The number of ketones is 1. The Morgan fingerprint density at radius 3 is 2.00 bits per heavy atom. The van der Waals surface area contributed by atoms with Crippen LogP contribution in [0.25, 0.3) is 0 Å². The highest BCUT2D eigenvalue weighted by Gasteiger charge is 2.37. The van der Waals surface area contributed by atoms with Gasteiger partial charge in [-0.25, -0.2) is 4.79 Å². The zero-order valence-electron chi connectivity index (χ0n) is 25.4. The van der Waals surface area contributed by atoms with Gasteiger partial charge in [0.2, 0.25) is 0 Å². The fraction of sp³-hybridized carbons (Fsp3) is 0.545. The van der Waals surface area contributed by atoms with Crippen molar-refractivity contribution in [2.45, 2.75) is 84.2 Å². The van der Waals surface area contributed by atoms with E-state index in [1.807, 2.05) is 12.1 Å². The first-order valence-electron chi connectivity index (χ1n) is 15.2. The van der Waals surface area contributed by atoms with Gasteiger partial charge in [-0.3, -0.25) is 9.59 Å². The van der Waals surface area contributed by atoms with E-state index < -0.39 is 24.4 Å². The van der Waals surface area contributed by atoms with Crippen molar-refractivity contribution in [3.05, 3.63) is 59.7 Å². The number of aliphatic carboxylic acids is 1. The number of ether oxygens (including phenoxy) is 1. The van der Waals surface area contributed by atoms with E-state index in [2.05, 4.69) is 41.5 Å². The zero-order valence-corrected chi connectivity index (χ0v) is 25.4. The second-order valence-corrected chi connectivity index (χ2v) is 13.0. The van der Waals surface area contributed by atoms with E-state index in [4.69, 9.17) is 5.11 Å². The summed E-state index contributed by atoms with van der Waals surface area (Å²) < 4.78 is 41.4. The predicted molar refractivity (Wildman–Crippen MR) is 160 cm³/mol. The maximum absolute atomic E-state index is 13.3. The fourth-order valence-corrected chi connectivity index (χ4v) is 6.11. The standard InChI is InChI=1S/C33H42F3N3O5/c1-32(2,3)24-12-10-21(11-13-24)28(39-31(43)38-25-14-16-26(17-15-25)44-33(34,35)36)20-6-8-23(9-7-20)30(42)29(22-4-5-22)37-19-18-27(40)41/h6-9,14-17,21-22,24,28-29,37H,4-5,10-13,18-19H2,1-3H3,(H,40,41)(H2,38,39,43). The highest BCUT2D eigenvalue weighted by Crippen LogP contribution is 2.43. The van der Waals surface area contributed by atoms with E-state index >= 15 is 0 Å². The van der Waals surface area contributed by atoms with Crippen molar-refractivity contribution >= 4 is 23.5 Å². The Morgan fingerprint density at radius 2 is 1.48 bits per heavy atom. The summed E-state index contributed by atoms with van der Waals surface area (Å²) in [6, 6.07) is 10.9. The number of nitrogens with one attached hydrogen (secondary N) is 3. The van der Waals surface area contributed by atoms with Gasteiger partial charge in [0.15, 0.2) is 5.78 Å². The number of carbonyl (C=O) groups is 3. The number of hydrogen-bond acceptors (Lipinski definition) is 5. The van der Waals surface area contributed by atoms with Crippen molar-refractivity contribution in [3.8, 4) is 5.75 Å². The maximum Gasteiger partial charge on any atom is 0.573 e. The van der Waals surface area contributed by atoms with Gasteiger partial charge < -0.3 is 25.8 Å². The van der Waals surface area contributed by atoms with Gasteiger partial charge in [-0.1, -0.05) is 45.0 Å². The third kappa shape index (κ3) is 9.70. The number of alkyl halides is 3. The van der Waals surface area contributed by atoms with Crippen molar-refractivity contribution < 1.29 is 37.4 Å². The molecule has 0 aliphatic heterocycles. The van der Waals surface area contributed by atoms with Gasteiger partial charge in [0.25, 0.3) is 0 Å². The molecule has 4 rings (SSSR count). The lowest BCUT2D eigenvalue weighted by molar-refractivity contribution is -0.274. The number of carboxylic acids is 1. The van der Waals surface area contributed by atoms with Crippen LogP contribution < -0.4 is 20.7 Å². The molecule has 0 bridgehead atoms. The van der Waals surface area contributed by atoms with Crippen molar-refractivity contribution in [2.24, 2.45) is 23.2 Å². The second-order valence-electron chi connectivity index (χ2n) is 13.0. The number of halogens is 3. The van der Waals surface area contributed by atoms with Crippen LogP contribution in [0.5, 0.6) is 5.75 Å². The van der Waals surface area contributed by atoms with Crippen molar-refractivity contribution in [3.63, 3.8) is 0 Å². The molecule has 8 nitrogen and oxygen atoms in total. The fourth-order valence-electron chi connectivity index (χ4n) is 6.11.